The fraction of sp³-hybridized carbons (Fsp3) is 0.387. The summed E-state index contributed by atoms with van der Waals surface area (Å²) >= 11 is 7.70. The highest BCUT2D eigenvalue weighted by Crippen LogP contribution is 2.65. The number of fused-ring (bicyclic) bond motifs is 2. The summed E-state index contributed by atoms with van der Waals surface area (Å²) in [5, 5.41) is 10.0. The standard InChI is InChI=1S/C31H32ClN3O4S/c1-30-15-7-18-33(22-9-3-2-4-10-22)27(37)24(30)25-28(38)35(17-5-6-20-36)26-29(39)34(19-8-16-31(25,26)40-30)23-13-11-21(32)12-14-23/h2-4,7-16,24-26,36H,5-6,17-20H2,1H3/t24-,25+,26?,30+,31+/m1/s1. The van der Waals surface area contributed by atoms with Crippen molar-refractivity contribution in [2.45, 2.75) is 35.3 Å². The van der Waals surface area contributed by atoms with Gasteiger partial charge in [0.15, 0.2) is 0 Å². The minimum atomic E-state index is -0.909. The number of aliphatic hydroxyl groups is 1. The minimum Gasteiger partial charge on any atom is -0.396 e. The summed E-state index contributed by atoms with van der Waals surface area (Å²) in [4.78, 5) is 48.4. The van der Waals surface area contributed by atoms with E-state index in [1.54, 1.807) is 38.6 Å². The maximum absolute atomic E-state index is 14.5. The van der Waals surface area contributed by atoms with Crippen LogP contribution in [0.5, 0.6) is 0 Å². The van der Waals surface area contributed by atoms with Crippen LogP contribution in [0.15, 0.2) is 78.9 Å². The van der Waals surface area contributed by atoms with E-state index in [1.165, 1.54) is 0 Å². The maximum Gasteiger partial charge on any atom is 0.251 e. The highest BCUT2D eigenvalue weighted by atomic mass is 35.5. The molecule has 2 fully saturated rings. The molecule has 9 heteroatoms. The molecule has 2 saturated heterocycles. The normalized spacial score (nSPS) is 31.2. The predicted molar refractivity (Wildman–Crippen MR) is 158 cm³/mol. The number of hydrogen-bond acceptors (Lipinski definition) is 5. The average Bonchev–Trinajstić information content (AvgIpc) is 3.21. The summed E-state index contributed by atoms with van der Waals surface area (Å²) in [6, 6.07) is 15.9. The van der Waals surface area contributed by atoms with Crippen LogP contribution in [0, 0.1) is 11.8 Å². The molecule has 4 heterocycles. The molecule has 1 spiro atoms. The molecule has 2 aromatic rings. The van der Waals surface area contributed by atoms with Gasteiger partial charge in [0.05, 0.1) is 16.6 Å². The summed E-state index contributed by atoms with van der Waals surface area (Å²) in [6.45, 7) is 3.15. The first-order valence-corrected chi connectivity index (χ1v) is 14.9. The van der Waals surface area contributed by atoms with Crippen molar-refractivity contribution in [1.29, 1.82) is 0 Å². The third kappa shape index (κ3) is 4.19. The van der Waals surface area contributed by atoms with Gasteiger partial charge < -0.3 is 19.8 Å². The third-order valence-corrected chi connectivity index (χ3v) is 10.6. The lowest BCUT2D eigenvalue weighted by atomic mass is 9.74. The van der Waals surface area contributed by atoms with Crippen molar-refractivity contribution in [3.05, 3.63) is 83.9 Å². The number of thioether (sulfide) groups is 1. The van der Waals surface area contributed by atoms with Gasteiger partial charge in [-0.05, 0) is 56.2 Å². The van der Waals surface area contributed by atoms with Gasteiger partial charge in [-0.1, -0.05) is 54.1 Å². The van der Waals surface area contributed by atoms with E-state index in [2.05, 4.69) is 6.08 Å². The predicted octanol–water partition coefficient (Wildman–Crippen LogP) is 4.31. The van der Waals surface area contributed by atoms with Crippen LogP contribution < -0.4 is 9.80 Å². The number of likely N-dealkylation sites (tertiary alicyclic amines) is 1. The topological polar surface area (TPSA) is 81.2 Å². The summed E-state index contributed by atoms with van der Waals surface area (Å²) in [6.07, 6.45) is 9.16. The first-order valence-electron chi connectivity index (χ1n) is 13.7. The molecule has 3 amide bonds. The second-order valence-electron chi connectivity index (χ2n) is 11.0. The van der Waals surface area contributed by atoms with E-state index in [-0.39, 0.29) is 24.3 Å². The number of unbranched alkanes of at least 4 members (excludes halogenated alkanes) is 1. The van der Waals surface area contributed by atoms with Crippen LogP contribution >= 0.6 is 23.4 Å². The minimum absolute atomic E-state index is 0.0107. The molecule has 40 heavy (non-hydrogen) atoms. The highest BCUT2D eigenvalue weighted by Gasteiger charge is 2.73. The Kier molecular flexibility index (Phi) is 7.05. The van der Waals surface area contributed by atoms with Crippen molar-refractivity contribution in [1.82, 2.24) is 4.90 Å². The molecule has 208 valence electrons. The van der Waals surface area contributed by atoms with Crippen molar-refractivity contribution < 1.29 is 19.5 Å². The van der Waals surface area contributed by atoms with Gasteiger partial charge in [0.25, 0.3) is 5.91 Å². The Hall–Kier alpha value is -3.07. The number of aliphatic hydroxyl groups excluding tert-OH is 1. The quantitative estimate of drug-likeness (QED) is 0.409. The van der Waals surface area contributed by atoms with Crippen molar-refractivity contribution in [2.24, 2.45) is 11.8 Å². The first kappa shape index (κ1) is 27.1. The monoisotopic (exact) mass is 577 g/mol. The van der Waals surface area contributed by atoms with E-state index >= 15 is 0 Å². The Labute approximate surface area is 243 Å². The van der Waals surface area contributed by atoms with Crippen molar-refractivity contribution in [3.8, 4) is 0 Å². The molecule has 5 atom stereocenters. The molecule has 1 unspecified atom stereocenters. The summed E-state index contributed by atoms with van der Waals surface area (Å²) in [7, 11) is 0. The van der Waals surface area contributed by atoms with Gasteiger partial charge in [-0.3, -0.25) is 14.4 Å². The Morgan fingerprint density at radius 3 is 2.20 bits per heavy atom. The average molecular weight is 578 g/mol. The maximum atomic E-state index is 14.5. The van der Waals surface area contributed by atoms with Crippen LogP contribution in [-0.4, -0.2) is 69.5 Å². The van der Waals surface area contributed by atoms with Gasteiger partial charge in [0, 0.05) is 47.4 Å². The molecule has 1 N–H and O–H groups in total. The Bertz CT molecular complexity index is 1380. The fourth-order valence-electron chi connectivity index (χ4n) is 6.85. The second kappa shape index (κ2) is 10.4. The molecule has 0 bridgehead atoms. The molecule has 6 rings (SSSR count). The van der Waals surface area contributed by atoms with Crippen LogP contribution in [0.25, 0.3) is 0 Å². The van der Waals surface area contributed by atoms with E-state index in [9.17, 15) is 19.5 Å². The van der Waals surface area contributed by atoms with Gasteiger partial charge in [0.1, 0.15) is 6.04 Å². The molecule has 0 radical (unpaired) electrons. The van der Waals surface area contributed by atoms with Crippen LogP contribution in [-0.2, 0) is 14.4 Å². The molecular weight excluding hydrogens is 546 g/mol. The zero-order valence-electron chi connectivity index (χ0n) is 22.3. The fourth-order valence-corrected chi connectivity index (χ4v) is 9.13. The van der Waals surface area contributed by atoms with Crippen LogP contribution in [0.2, 0.25) is 5.02 Å². The van der Waals surface area contributed by atoms with E-state index in [1.807, 2.05) is 67.6 Å². The van der Waals surface area contributed by atoms with Crippen LogP contribution in [0.4, 0.5) is 11.4 Å². The Balaban J connectivity index is 1.45. The number of rotatable bonds is 6. The van der Waals surface area contributed by atoms with Crippen molar-refractivity contribution in [2.75, 3.05) is 36.0 Å². The van der Waals surface area contributed by atoms with Gasteiger partial charge in [-0.25, -0.2) is 0 Å². The third-order valence-electron chi connectivity index (χ3n) is 8.57. The molecule has 7 nitrogen and oxygen atoms in total. The highest BCUT2D eigenvalue weighted by molar-refractivity contribution is 8.02. The number of amides is 3. The smallest absolute Gasteiger partial charge is 0.251 e. The molecule has 4 aliphatic rings. The summed E-state index contributed by atoms with van der Waals surface area (Å²) in [5.74, 6) is -1.79. The molecule has 4 aliphatic heterocycles. The zero-order valence-corrected chi connectivity index (χ0v) is 23.9. The number of anilines is 2. The van der Waals surface area contributed by atoms with Gasteiger partial charge in [0.2, 0.25) is 11.8 Å². The number of hydrogen-bond donors (Lipinski definition) is 1. The van der Waals surface area contributed by atoms with E-state index in [0.717, 1.165) is 5.69 Å². The van der Waals surface area contributed by atoms with E-state index in [4.69, 9.17) is 11.6 Å². The number of carbonyl (C=O) groups is 3. The summed E-state index contributed by atoms with van der Waals surface area (Å²) in [5.41, 5.74) is 1.49. The lowest BCUT2D eigenvalue weighted by Crippen LogP contribution is -2.53. The molecule has 0 saturated carbocycles. The first-order chi connectivity index (χ1) is 19.3. The van der Waals surface area contributed by atoms with Crippen LogP contribution in [0.1, 0.15) is 19.8 Å². The summed E-state index contributed by atoms with van der Waals surface area (Å²) < 4.78 is -1.58. The van der Waals surface area contributed by atoms with E-state index in [0.29, 0.717) is 43.2 Å². The molecule has 2 aromatic carbocycles. The Morgan fingerprint density at radius 1 is 0.850 bits per heavy atom. The van der Waals surface area contributed by atoms with Gasteiger partial charge in [-0.15, -0.1) is 11.8 Å². The van der Waals surface area contributed by atoms with Gasteiger partial charge in [-0.2, -0.15) is 0 Å². The number of halogens is 1. The van der Waals surface area contributed by atoms with Crippen molar-refractivity contribution >= 4 is 52.5 Å². The van der Waals surface area contributed by atoms with Crippen molar-refractivity contribution in [3.63, 3.8) is 0 Å². The zero-order chi connectivity index (χ0) is 28.1. The second-order valence-corrected chi connectivity index (χ2v) is 13.2. The number of benzene rings is 2. The van der Waals surface area contributed by atoms with Gasteiger partial charge >= 0.3 is 0 Å². The lowest BCUT2D eigenvalue weighted by molar-refractivity contribution is -0.139. The molecule has 0 aromatic heterocycles. The number of carbonyl (C=O) groups excluding carboxylic acids is 3. The Morgan fingerprint density at radius 2 is 1.50 bits per heavy atom. The molecular formula is C31H32ClN3O4S. The van der Waals surface area contributed by atoms with Crippen LogP contribution in [0.3, 0.4) is 0 Å². The number of nitrogens with zero attached hydrogens (tertiary/aromatic N) is 3. The lowest BCUT2D eigenvalue weighted by Gasteiger charge is -2.37. The van der Waals surface area contributed by atoms with E-state index < -0.39 is 27.4 Å². The number of para-hydroxylation sites is 1. The SMILES string of the molecule is C[C@]12C=CCN(c3ccccc3)C(=O)[C@H]1[C@H]1C(=O)N(CCCCO)C3C(=O)N(c4ccc(Cl)cc4)CC=C[C@@]31S2. The largest absolute Gasteiger partial charge is 0.396 e. The molecule has 0 aliphatic carbocycles.